The number of aromatic nitrogens is 3. The Morgan fingerprint density at radius 3 is 2.69 bits per heavy atom. The zero-order valence-electron chi connectivity index (χ0n) is 14.0. The van der Waals surface area contributed by atoms with E-state index < -0.39 is 0 Å². The highest BCUT2D eigenvalue weighted by atomic mass is 32.1. The van der Waals surface area contributed by atoms with Gasteiger partial charge in [-0.1, -0.05) is 18.2 Å². The largest absolute Gasteiger partial charge is 0.329 e. The van der Waals surface area contributed by atoms with Crippen LogP contribution in [0.4, 0.5) is 0 Å². The number of rotatable bonds is 5. The van der Waals surface area contributed by atoms with Crippen LogP contribution in [0, 0.1) is 11.3 Å². The predicted molar refractivity (Wildman–Crippen MR) is 103 cm³/mol. The Morgan fingerprint density at radius 1 is 1.04 bits per heavy atom. The first kappa shape index (κ1) is 16.2. The molecule has 126 valence electrons. The highest BCUT2D eigenvalue weighted by Crippen LogP contribution is 2.27. The highest BCUT2D eigenvalue weighted by Gasteiger charge is 2.08. The Kier molecular flexibility index (Phi) is 4.59. The molecule has 4 aromatic rings. The quantitative estimate of drug-likeness (QED) is 0.528. The molecule has 0 saturated carbocycles. The standard InChI is InChI=1S/C21H16N4S/c22-12-17-6-4-16(5-7-17)11-18-13-23-15-25(18)14-19-8-9-21(26-19)20-3-1-2-10-24-20/h1-10,13,15H,11,14H2. The Balaban J connectivity index is 1.50. The van der Waals surface area contributed by atoms with Crippen LogP contribution in [0.25, 0.3) is 10.6 Å². The number of hydrogen-bond donors (Lipinski definition) is 0. The number of pyridine rings is 1. The van der Waals surface area contributed by atoms with E-state index in [9.17, 15) is 0 Å². The molecule has 0 fully saturated rings. The fourth-order valence-electron chi connectivity index (χ4n) is 2.82. The van der Waals surface area contributed by atoms with Crippen molar-refractivity contribution < 1.29 is 0 Å². The van der Waals surface area contributed by atoms with Crippen molar-refractivity contribution in [1.29, 1.82) is 5.26 Å². The normalized spacial score (nSPS) is 10.6. The molecule has 3 aromatic heterocycles. The van der Waals surface area contributed by atoms with E-state index in [2.05, 4.69) is 32.7 Å². The van der Waals surface area contributed by atoms with E-state index in [0.29, 0.717) is 5.56 Å². The lowest BCUT2D eigenvalue weighted by Crippen LogP contribution is -2.02. The van der Waals surface area contributed by atoms with Gasteiger partial charge in [0.15, 0.2) is 0 Å². The van der Waals surface area contributed by atoms with Gasteiger partial charge in [0.25, 0.3) is 0 Å². The lowest BCUT2D eigenvalue weighted by Gasteiger charge is -2.07. The third-order valence-electron chi connectivity index (χ3n) is 4.17. The number of nitrogens with zero attached hydrogens (tertiary/aromatic N) is 4. The van der Waals surface area contributed by atoms with Crippen molar-refractivity contribution in [2.75, 3.05) is 0 Å². The maximum absolute atomic E-state index is 8.91. The van der Waals surface area contributed by atoms with Crippen LogP contribution in [0.3, 0.4) is 0 Å². The van der Waals surface area contributed by atoms with Gasteiger partial charge < -0.3 is 4.57 Å². The summed E-state index contributed by atoms with van der Waals surface area (Å²) >= 11 is 1.76. The summed E-state index contributed by atoms with van der Waals surface area (Å²) in [6.07, 6.45) is 6.40. The van der Waals surface area contributed by atoms with Crippen LogP contribution in [0.15, 0.2) is 73.3 Å². The molecule has 0 saturated heterocycles. The molecule has 0 aliphatic carbocycles. The fraction of sp³-hybridized carbons (Fsp3) is 0.0952. The molecule has 26 heavy (non-hydrogen) atoms. The molecule has 0 unspecified atom stereocenters. The van der Waals surface area contributed by atoms with Gasteiger partial charge >= 0.3 is 0 Å². The molecule has 0 spiro atoms. The van der Waals surface area contributed by atoms with Crippen LogP contribution in [0.5, 0.6) is 0 Å². The molecule has 0 aliphatic heterocycles. The summed E-state index contributed by atoms with van der Waals surface area (Å²) in [7, 11) is 0. The van der Waals surface area contributed by atoms with E-state index in [1.165, 1.54) is 15.3 Å². The molecule has 0 amide bonds. The third kappa shape index (κ3) is 3.56. The molecule has 0 N–H and O–H groups in total. The van der Waals surface area contributed by atoms with Gasteiger partial charge in [0.2, 0.25) is 0 Å². The zero-order chi connectivity index (χ0) is 17.8. The second-order valence-corrected chi connectivity index (χ2v) is 7.15. The Labute approximate surface area is 156 Å². The smallest absolute Gasteiger partial charge is 0.0991 e. The summed E-state index contributed by atoms with van der Waals surface area (Å²) in [6.45, 7) is 0.795. The van der Waals surface area contributed by atoms with Gasteiger partial charge in [-0.15, -0.1) is 11.3 Å². The van der Waals surface area contributed by atoms with Crippen molar-refractivity contribution in [3.05, 3.63) is 95.0 Å². The van der Waals surface area contributed by atoms with Gasteiger partial charge in [0.1, 0.15) is 0 Å². The van der Waals surface area contributed by atoms with Crippen LogP contribution in [0.2, 0.25) is 0 Å². The number of imidazole rings is 1. The van der Waals surface area contributed by atoms with E-state index in [0.717, 1.165) is 24.4 Å². The first-order valence-corrected chi connectivity index (χ1v) is 9.11. The average Bonchev–Trinajstić information content (AvgIpc) is 3.33. The third-order valence-corrected chi connectivity index (χ3v) is 5.26. The van der Waals surface area contributed by atoms with Crippen LogP contribution in [0.1, 0.15) is 21.7 Å². The van der Waals surface area contributed by atoms with Crippen molar-refractivity contribution >= 4 is 11.3 Å². The lowest BCUT2D eigenvalue weighted by molar-refractivity contribution is 0.763. The van der Waals surface area contributed by atoms with Gasteiger partial charge in [-0.3, -0.25) is 4.98 Å². The summed E-state index contributed by atoms with van der Waals surface area (Å²) in [4.78, 5) is 11.2. The second-order valence-electron chi connectivity index (χ2n) is 5.98. The topological polar surface area (TPSA) is 54.5 Å². The lowest BCUT2D eigenvalue weighted by atomic mass is 10.1. The van der Waals surface area contributed by atoms with Crippen molar-refractivity contribution in [2.45, 2.75) is 13.0 Å². The van der Waals surface area contributed by atoms with Crippen LogP contribution in [-0.4, -0.2) is 14.5 Å². The molecular formula is C21H16N4S. The number of hydrogen-bond acceptors (Lipinski definition) is 4. The van der Waals surface area contributed by atoms with Crippen LogP contribution >= 0.6 is 11.3 Å². The summed E-state index contributed by atoms with van der Waals surface area (Å²) in [5.41, 5.74) is 4.02. The molecule has 0 radical (unpaired) electrons. The molecule has 3 heterocycles. The second kappa shape index (κ2) is 7.34. The Hall–Kier alpha value is -3.23. The van der Waals surface area contributed by atoms with Crippen molar-refractivity contribution in [3.8, 4) is 16.6 Å². The van der Waals surface area contributed by atoms with Crippen molar-refractivity contribution in [1.82, 2.24) is 14.5 Å². The summed E-state index contributed by atoms with van der Waals surface area (Å²) in [6, 6.07) is 20.1. The first-order chi connectivity index (χ1) is 12.8. The molecule has 0 atom stereocenters. The SMILES string of the molecule is N#Cc1ccc(Cc2cncn2Cc2ccc(-c3ccccn3)s2)cc1. The van der Waals surface area contributed by atoms with Crippen LogP contribution in [-0.2, 0) is 13.0 Å². The van der Waals surface area contributed by atoms with Gasteiger partial charge in [0, 0.05) is 29.4 Å². The number of thiophene rings is 1. The molecule has 4 nitrogen and oxygen atoms in total. The van der Waals surface area contributed by atoms with E-state index in [-0.39, 0.29) is 0 Å². The van der Waals surface area contributed by atoms with Crippen molar-refractivity contribution in [3.63, 3.8) is 0 Å². The average molecular weight is 356 g/mol. The van der Waals surface area contributed by atoms with Gasteiger partial charge in [-0.05, 0) is 42.0 Å². The van der Waals surface area contributed by atoms with E-state index >= 15 is 0 Å². The minimum Gasteiger partial charge on any atom is -0.329 e. The number of benzene rings is 1. The molecule has 0 bridgehead atoms. The molecule has 0 aliphatic rings. The monoisotopic (exact) mass is 356 g/mol. The molecule has 4 rings (SSSR count). The predicted octanol–water partition coefficient (Wildman–Crippen LogP) is 4.52. The summed E-state index contributed by atoms with van der Waals surface area (Å²) < 4.78 is 2.17. The molecule has 1 aromatic carbocycles. The van der Waals surface area contributed by atoms with Crippen LogP contribution < -0.4 is 0 Å². The van der Waals surface area contributed by atoms with Gasteiger partial charge in [-0.25, -0.2) is 4.98 Å². The van der Waals surface area contributed by atoms with Gasteiger partial charge in [0.05, 0.1) is 35.1 Å². The molecular weight excluding hydrogens is 340 g/mol. The van der Waals surface area contributed by atoms with E-state index in [1.54, 1.807) is 11.3 Å². The fourth-order valence-corrected chi connectivity index (χ4v) is 3.80. The zero-order valence-corrected chi connectivity index (χ0v) is 14.9. The maximum atomic E-state index is 8.91. The van der Waals surface area contributed by atoms with E-state index in [4.69, 9.17) is 5.26 Å². The summed E-state index contributed by atoms with van der Waals surface area (Å²) in [5, 5.41) is 8.91. The Bertz CT molecular complexity index is 1040. The Morgan fingerprint density at radius 2 is 1.92 bits per heavy atom. The van der Waals surface area contributed by atoms with Gasteiger partial charge in [-0.2, -0.15) is 5.26 Å². The number of nitriles is 1. The van der Waals surface area contributed by atoms with Crippen molar-refractivity contribution in [2.24, 2.45) is 0 Å². The summed E-state index contributed by atoms with van der Waals surface area (Å²) in [5.74, 6) is 0. The highest BCUT2D eigenvalue weighted by molar-refractivity contribution is 7.15. The maximum Gasteiger partial charge on any atom is 0.0991 e. The minimum atomic E-state index is 0.683. The molecule has 5 heteroatoms. The minimum absolute atomic E-state index is 0.683. The first-order valence-electron chi connectivity index (χ1n) is 8.30. The van der Waals surface area contributed by atoms with E-state index in [1.807, 2.05) is 61.2 Å².